The third-order valence-electron chi connectivity index (χ3n) is 6.95. The van der Waals surface area contributed by atoms with Crippen molar-refractivity contribution in [3.8, 4) is 0 Å². The van der Waals surface area contributed by atoms with Gasteiger partial charge in [0.25, 0.3) is 5.91 Å². The SMILES string of the molecule is CCC=CCC=CCC=CCC=CCC=CCC=CCCC(=O)NC(CCCCNC(=O)c1cnc(C)cn1)C(=O)OCC(CO)CO. The van der Waals surface area contributed by atoms with Gasteiger partial charge in [-0.05, 0) is 71.1 Å². The molecule has 1 aromatic rings. The quantitative estimate of drug-likeness (QED) is 0.0552. The number of aryl methyl sites for hydroxylation is 1. The molecule has 48 heavy (non-hydrogen) atoms. The molecule has 0 spiro atoms. The Morgan fingerprint density at radius 1 is 0.792 bits per heavy atom. The number of unbranched alkanes of at least 4 members (excludes halogenated alkanes) is 1. The van der Waals surface area contributed by atoms with Crippen LogP contribution in [0.3, 0.4) is 0 Å². The molecular weight excluding hydrogens is 608 g/mol. The van der Waals surface area contributed by atoms with Crippen molar-refractivity contribution in [2.24, 2.45) is 5.92 Å². The van der Waals surface area contributed by atoms with Crippen molar-refractivity contribution in [3.63, 3.8) is 0 Å². The van der Waals surface area contributed by atoms with Crippen molar-refractivity contribution in [3.05, 3.63) is 96.7 Å². The number of aliphatic hydroxyl groups is 2. The molecule has 4 N–H and O–H groups in total. The Balaban J connectivity index is 2.36. The molecule has 0 saturated heterocycles. The van der Waals surface area contributed by atoms with E-state index >= 15 is 0 Å². The zero-order valence-electron chi connectivity index (χ0n) is 28.8. The molecule has 0 saturated carbocycles. The Morgan fingerprint density at radius 2 is 1.35 bits per heavy atom. The van der Waals surface area contributed by atoms with Gasteiger partial charge in [-0.3, -0.25) is 14.6 Å². The summed E-state index contributed by atoms with van der Waals surface area (Å²) in [4.78, 5) is 45.7. The molecule has 2 amide bonds. The minimum atomic E-state index is -0.875. The Morgan fingerprint density at radius 3 is 1.88 bits per heavy atom. The number of hydrogen-bond donors (Lipinski definition) is 4. The van der Waals surface area contributed by atoms with Gasteiger partial charge in [-0.2, -0.15) is 0 Å². The van der Waals surface area contributed by atoms with Crippen molar-refractivity contribution in [2.75, 3.05) is 26.4 Å². The highest BCUT2D eigenvalue weighted by Gasteiger charge is 2.23. The normalized spacial score (nSPS) is 12.9. The number of carbonyl (C=O) groups is 3. The number of esters is 1. The average molecular weight is 665 g/mol. The van der Waals surface area contributed by atoms with Crippen LogP contribution in [0.5, 0.6) is 0 Å². The van der Waals surface area contributed by atoms with Crippen LogP contribution in [0.4, 0.5) is 0 Å². The maximum atomic E-state index is 12.7. The lowest BCUT2D eigenvalue weighted by Crippen LogP contribution is -2.42. The highest BCUT2D eigenvalue weighted by atomic mass is 16.5. The third kappa shape index (κ3) is 22.4. The van der Waals surface area contributed by atoms with E-state index in [0.29, 0.717) is 37.9 Å². The van der Waals surface area contributed by atoms with Gasteiger partial charge in [-0.25, -0.2) is 9.78 Å². The highest BCUT2D eigenvalue weighted by molar-refractivity contribution is 5.91. The summed E-state index contributed by atoms with van der Waals surface area (Å²) in [5.74, 6) is -1.81. The summed E-state index contributed by atoms with van der Waals surface area (Å²) >= 11 is 0. The number of aromatic nitrogens is 2. The number of allylic oxidation sites excluding steroid dienone is 12. The first kappa shape index (κ1) is 41.9. The molecule has 1 rings (SSSR count). The van der Waals surface area contributed by atoms with Crippen molar-refractivity contribution in [1.29, 1.82) is 0 Å². The molecule has 10 nitrogen and oxygen atoms in total. The second kappa shape index (κ2) is 29.0. The number of nitrogens with zero attached hydrogens (tertiary/aromatic N) is 2. The zero-order chi connectivity index (χ0) is 35.1. The summed E-state index contributed by atoms with van der Waals surface area (Å²) in [6.45, 7) is 3.50. The smallest absolute Gasteiger partial charge is 0.328 e. The van der Waals surface area contributed by atoms with Crippen molar-refractivity contribution in [2.45, 2.75) is 90.5 Å². The molecule has 0 aliphatic carbocycles. The van der Waals surface area contributed by atoms with Crippen LogP contribution >= 0.6 is 0 Å². The first-order valence-corrected chi connectivity index (χ1v) is 17.1. The molecule has 0 radical (unpaired) electrons. The van der Waals surface area contributed by atoms with Crippen LogP contribution < -0.4 is 10.6 Å². The predicted octanol–water partition coefficient (Wildman–Crippen LogP) is 5.79. The monoisotopic (exact) mass is 664 g/mol. The van der Waals surface area contributed by atoms with Gasteiger partial charge in [0, 0.05) is 25.1 Å². The molecular formula is C38H56N4O6. The van der Waals surface area contributed by atoms with Crippen LogP contribution in [-0.2, 0) is 14.3 Å². The van der Waals surface area contributed by atoms with Gasteiger partial charge in [-0.15, -0.1) is 0 Å². The molecule has 0 aliphatic rings. The lowest BCUT2D eigenvalue weighted by Gasteiger charge is -2.19. The molecule has 1 aromatic heterocycles. The van der Waals surface area contributed by atoms with Gasteiger partial charge in [0.1, 0.15) is 11.7 Å². The fourth-order valence-corrected chi connectivity index (χ4v) is 4.11. The van der Waals surface area contributed by atoms with E-state index in [-0.39, 0.29) is 43.7 Å². The summed E-state index contributed by atoms with van der Waals surface area (Å²) in [6, 6.07) is -0.875. The van der Waals surface area contributed by atoms with Crippen LogP contribution in [0, 0.1) is 12.8 Å². The minimum Gasteiger partial charge on any atom is -0.464 e. The predicted molar refractivity (Wildman–Crippen MR) is 191 cm³/mol. The van der Waals surface area contributed by atoms with Crippen molar-refractivity contribution < 1.29 is 29.3 Å². The number of nitrogens with one attached hydrogen (secondary N) is 2. The minimum absolute atomic E-state index is 0.148. The molecule has 0 aliphatic heterocycles. The average Bonchev–Trinajstić information content (AvgIpc) is 3.09. The summed E-state index contributed by atoms with van der Waals surface area (Å²) in [5.41, 5.74) is 0.941. The standard InChI is InChI=1S/C38H56N4O6/c1-3-4-5-6-7-8-9-10-11-12-13-14-15-16-17-18-19-20-21-25-36(45)42-34(38(47)48-31-33(29-43)30-44)24-22-23-26-39-37(46)35-28-40-32(2)27-41-35/h4-5,7-8,10-11,13-14,16-17,19-20,27-28,33-34,43-44H,3,6,9,12,15,18,21-26,29-31H2,1-2H3,(H,39,46)(H,42,45). The Hall–Kier alpha value is -4.15. The van der Waals surface area contributed by atoms with Gasteiger partial charge in [0.15, 0.2) is 0 Å². The van der Waals surface area contributed by atoms with E-state index in [0.717, 1.165) is 38.5 Å². The highest BCUT2D eigenvalue weighted by Crippen LogP contribution is 2.07. The van der Waals surface area contributed by atoms with Crippen molar-refractivity contribution in [1.82, 2.24) is 20.6 Å². The number of amides is 2. The van der Waals surface area contributed by atoms with Gasteiger partial charge in [0.2, 0.25) is 5.91 Å². The largest absolute Gasteiger partial charge is 0.464 e. The van der Waals surface area contributed by atoms with Crippen LogP contribution in [0.25, 0.3) is 0 Å². The van der Waals surface area contributed by atoms with Crippen LogP contribution in [0.15, 0.2) is 85.3 Å². The zero-order valence-corrected chi connectivity index (χ0v) is 28.8. The molecule has 1 atom stereocenters. The fraction of sp³-hybridized carbons (Fsp3) is 0.500. The van der Waals surface area contributed by atoms with Gasteiger partial charge in [-0.1, -0.05) is 79.8 Å². The topological polar surface area (TPSA) is 151 Å². The van der Waals surface area contributed by atoms with Crippen molar-refractivity contribution >= 4 is 17.8 Å². The molecule has 0 aromatic carbocycles. The number of ether oxygens (including phenoxy) is 1. The van der Waals surface area contributed by atoms with E-state index in [1.165, 1.54) is 12.4 Å². The maximum absolute atomic E-state index is 12.7. The van der Waals surface area contributed by atoms with E-state index in [2.05, 4.69) is 88.3 Å². The van der Waals surface area contributed by atoms with Crippen LogP contribution in [0.2, 0.25) is 0 Å². The van der Waals surface area contributed by atoms with E-state index in [4.69, 9.17) is 4.74 Å². The van der Waals surface area contributed by atoms with Gasteiger partial charge < -0.3 is 25.6 Å². The third-order valence-corrected chi connectivity index (χ3v) is 6.95. The lowest BCUT2D eigenvalue weighted by atomic mass is 10.1. The maximum Gasteiger partial charge on any atom is 0.328 e. The van der Waals surface area contributed by atoms with Gasteiger partial charge in [0.05, 0.1) is 31.7 Å². The van der Waals surface area contributed by atoms with Crippen LogP contribution in [-0.4, -0.2) is 70.4 Å². The second-order valence-electron chi connectivity index (χ2n) is 11.2. The number of rotatable bonds is 26. The summed E-state index contributed by atoms with van der Waals surface area (Å²) < 4.78 is 5.26. The molecule has 1 heterocycles. The Labute approximate surface area is 286 Å². The van der Waals surface area contributed by atoms with E-state index in [9.17, 15) is 24.6 Å². The van der Waals surface area contributed by atoms with E-state index < -0.39 is 17.9 Å². The second-order valence-corrected chi connectivity index (χ2v) is 11.2. The molecule has 0 bridgehead atoms. The van der Waals surface area contributed by atoms with Gasteiger partial charge >= 0.3 is 5.97 Å². The molecule has 264 valence electrons. The lowest BCUT2D eigenvalue weighted by molar-refractivity contribution is -0.150. The first-order chi connectivity index (χ1) is 23.4. The number of aliphatic hydroxyl groups excluding tert-OH is 2. The summed E-state index contributed by atoms with van der Waals surface area (Å²) in [5, 5.41) is 24.1. The van der Waals surface area contributed by atoms with E-state index in [1.807, 2.05) is 12.2 Å². The number of hydrogen-bond acceptors (Lipinski definition) is 8. The number of carbonyl (C=O) groups excluding carboxylic acids is 3. The Kier molecular flexibility index (Phi) is 25.3. The summed E-state index contributed by atoms with van der Waals surface area (Å²) in [7, 11) is 0. The fourth-order valence-electron chi connectivity index (χ4n) is 4.11. The first-order valence-electron chi connectivity index (χ1n) is 17.1. The molecule has 1 unspecified atom stereocenters. The molecule has 0 fully saturated rings. The summed E-state index contributed by atoms with van der Waals surface area (Å²) in [6.07, 6.45) is 36.2. The Bertz CT molecular complexity index is 1200. The van der Waals surface area contributed by atoms with E-state index in [1.54, 1.807) is 6.92 Å². The molecule has 10 heteroatoms. The van der Waals surface area contributed by atoms with Crippen LogP contribution in [0.1, 0.15) is 93.7 Å².